The number of nitrogens with zero attached hydrogens (tertiary/aromatic N) is 2. The van der Waals surface area contributed by atoms with Crippen LogP contribution in [0.15, 0.2) is 11.4 Å². The molecule has 0 aliphatic carbocycles. The summed E-state index contributed by atoms with van der Waals surface area (Å²) in [5.74, 6) is -0.0447. The fraction of sp³-hybridized carbons (Fsp3) is 0.529. The van der Waals surface area contributed by atoms with Crippen LogP contribution in [0.2, 0.25) is 0 Å². The molecule has 0 saturated carbocycles. The molecule has 3 heterocycles. The monoisotopic (exact) mass is 349 g/mol. The number of hydrogen-bond donors (Lipinski definition) is 1. The lowest BCUT2D eigenvalue weighted by atomic mass is 10.1. The summed E-state index contributed by atoms with van der Waals surface area (Å²) < 4.78 is 0. The van der Waals surface area contributed by atoms with Crippen molar-refractivity contribution < 1.29 is 4.79 Å². The van der Waals surface area contributed by atoms with Gasteiger partial charge in [-0.2, -0.15) is 0 Å². The van der Waals surface area contributed by atoms with Gasteiger partial charge in [0.1, 0.15) is 0 Å². The molecule has 0 aromatic carbocycles. The van der Waals surface area contributed by atoms with Gasteiger partial charge in [0, 0.05) is 16.8 Å². The number of thiazole rings is 1. The fourth-order valence-corrected chi connectivity index (χ4v) is 4.63. The zero-order valence-corrected chi connectivity index (χ0v) is 15.4. The highest BCUT2D eigenvalue weighted by atomic mass is 32.1. The normalized spacial score (nSPS) is 15.7. The van der Waals surface area contributed by atoms with E-state index >= 15 is 0 Å². The van der Waals surface area contributed by atoms with Gasteiger partial charge in [-0.25, -0.2) is 4.98 Å². The first-order valence-electron chi connectivity index (χ1n) is 8.23. The highest BCUT2D eigenvalue weighted by Crippen LogP contribution is 2.24. The van der Waals surface area contributed by atoms with Gasteiger partial charge in [-0.05, 0) is 50.9 Å². The number of carbonyl (C=O) groups excluding carboxylic acids is 1. The number of thiophene rings is 1. The third kappa shape index (κ3) is 4.19. The van der Waals surface area contributed by atoms with Crippen LogP contribution in [-0.4, -0.2) is 28.9 Å². The molecule has 0 unspecified atom stereocenters. The summed E-state index contributed by atoms with van der Waals surface area (Å²) in [5, 5.41) is 5.70. The van der Waals surface area contributed by atoms with E-state index in [0.29, 0.717) is 5.13 Å². The van der Waals surface area contributed by atoms with Crippen LogP contribution in [0, 0.1) is 6.92 Å². The van der Waals surface area contributed by atoms with Gasteiger partial charge in [0.2, 0.25) is 0 Å². The lowest BCUT2D eigenvalue weighted by Gasteiger charge is -2.25. The van der Waals surface area contributed by atoms with Crippen molar-refractivity contribution in [3.8, 4) is 0 Å². The van der Waals surface area contributed by atoms with E-state index in [1.165, 1.54) is 41.0 Å². The van der Waals surface area contributed by atoms with Crippen LogP contribution in [-0.2, 0) is 13.0 Å². The van der Waals surface area contributed by atoms with E-state index in [4.69, 9.17) is 0 Å². The van der Waals surface area contributed by atoms with Gasteiger partial charge in [0.05, 0.1) is 10.6 Å². The van der Waals surface area contributed by atoms with Crippen LogP contribution in [0.25, 0.3) is 0 Å². The van der Waals surface area contributed by atoms with E-state index in [1.54, 1.807) is 11.3 Å². The maximum absolute atomic E-state index is 12.4. The largest absolute Gasteiger partial charge is 0.297 e. The molecule has 1 amide bonds. The van der Waals surface area contributed by atoms with Gasteiger partial charge in [0.25, 0.3) is 5.91 Å². The smallest absolute Gasteiger partial charge is 0.267 e. The highest BCUT2D eigenvalue weighted by Gasteiger charge is 2.15. The minimum absolute atomic E-state index is 0.0447. The molecule has 1 aliphatic rings. The second kappa shape index (κ2) is 7.55. The number of likely N-dealkylation sites (tertiary alicyclic amines) is 1. The molecule has 3 rings (SSSR count). The van der Waals surface area contributed by atoms with Crippen molar-refractivity contribution in [3.05, 3.63) is 32.5 Å². The second-order valence-electron chi connectivity index (χ2n) is 6.01. The van der Waals surface area contributed by atoms with E-state index in [-0.39, 0.29) is 5.91 Å². The first-order chi connectivity index (χ1) is 11.2. The number of aromatic nitrogens is 1. The molecule has 2 aromatic heterocycles. The first-order valence-corrected chi connectivity index (χ1v) is 9.92. The summed E-state index contributed by atoms with van der Waals surface area (Å²) in [4.78, 5) is 21.4. The van der Waals surface area contributed by atoms with Crippen molar-refractivity contribution in [2.75, 3.05) is 18.4 Å². The van der Waals surface area contributed by atoms with Gasteiger partial charge in [0.15, 0.2) is 5.13 Å². The Labute approximate surface area is 145 Å². The second-order valence-corrected chi connectivity index (χ2v) is 8.00. The number of hydrogen-bond acceptors (Lipinski definition) is 5. The van der Waals surface area contributed by atoms with Crippen LogP contribution in [0.1, 0.15) is 52.0 Å². The molecule has 1 N–H and O–H groups in total. The molecule has 2 aromatic rings. The first kappa shape index (κ1) is 16.6. The van der Waals surface area contributed by atoms with Crippen molar-refractivity contribution in [2.24, 2.45) is 0 Å². The minimum atomic E-state index is -0.0447. The summed E-state index contributed by atoms with van der Waals surface area (Å²) in [5.41, 5.74) is 2.26. The van der Waals surface area contributed by atoms with Crippen LogP contribution in [0.3, 0.4) is 0 Å². The maximum atomic E-state index is 12.4. The van der Waals surface area contributed by atoms with Crippen LogP contribution < -0.4 is 5.32 Å². The van der Waals surface area contributed by atoms with E-state index < -0.39 is 0 Å². The van der Waals surface area contributed by atoms with E-state index in [2.05, 4.69) is 34.4 Å². The number of nitrogens with one attached hydrogen (secondary N) is 1. The third-order valence-corrected chi connectivity index (χ3v) is 6.36. The zero-order chi connectivity index (χ0) is 16.2. The Balaban J connectivity index is 1.60. The molecule has 0 radical (unpaired) electrons. The Hall–Kier alpha value is -1.24. The average molecular weight is 350 g/mol. The van der Waals surface area contributed by atoms with Crippen molar-refractivity contribution in [1.82, 2.24) is 9.88 Å². The van der Waals surface area contributed by atoms with E-state index in [9.17, 15) is 4.79 Å². The van der Waals surface area contributed by atoms with Crippen LogP contribution in [0.4, 0.5) is 5.13 Å². The summed E-state index contributed by atoms with van der Waals surface area (Å²) >= 11 is 3.09. The van der Waals surface area contributed by atoms with Crippen molar-refractivity contribution in [2.45, 2.75) is 46.1 Å². The van der Waals surface area contributed by atoms with Gasteiger partial charge in [-0.1, -0.05) is 13.3 Å². The highest BCUT2D eigenvalue weighted by molar-refractivity contribution is 7.15. The maximum Gasteiger partial charge on any atom is 0.267 e. The zero-order valence-electron chi connectivity index (χ0n) is 13.7. The van der Waals surface area contributed by atoms with Gasteiger partial charge >= 0.3 is 0 Å². The summed E-state index contributed by atoms with van der Waals surface area (Å²) in [6, 6.07) is 1.97. The minimum Gasteiger partial charge on any atom is -0.297 e. The Bertz CT molecular complexity index is 671. The lowest BCUT2D eigenvalue weighted by molar-refractivity contribution is 0.103. The quantitative estimate of drug-likeness (QED) is 0.874. The standard InChI is InChI=1S/C17H23N3OS2/c1-3-14-12(2)9-15(23-14)16(21)19-17-18-13(11-22-17)10-20-7-5-4-6-8-20/h9,11H,3-8,10H2,1-2H3,(H,18,19,21). The molecule has 0 atom stereocenters. The van der Waals surface area contributed by atoms with Gasteiger partial charge in [-0.3, -0.25) is 15.0 Å². The molecule has 6 heteroatoms. The SMILES string of the molecule is CCc1sc(C(=O)Nc2nc(CN3CCCCC3)cs2)cc1C. The van der Waals surface area contributed by atoms with Crippen molar-refractivity contribution >= 4 is 33.7 Å². The lowest BCUT2D eigenvalue weighted by Crippen LogP contribution is -2.29. The predicted octanol–water partition coefficient (Wildman–Crippen LogP) is 4.31. The van der Waals surface area contributed by atoms with Gasteiger partial charge in [-0.15, -0.1) is 22.7 Å². The number of piperidine rings is 1. The number of anilines is 1. The summed E-state index contributed by atoms with van der Waals surface area (Å²) in [6.45, 7) is 7.39. The van der Waals surface area contributed by atoms with Crippen molar-refractivity contribution in [1.29, 1.82) is 0 Å². The molecule has 1 saturated heterocycles. The van der Waals surface area contributed by atoms with Crippen LogP contribution in [0.5, 0.6) is 0 Å². The molecular formula is C17H23N3OS2. The number of amides is 1. The van der Waals surface area contributed by atoms with E-state index in [1.807, 2.05) is 6.07 Å². The molecule has 1 fully saturated rings. The molecule has 0 bridgehead atoms. The molecular weight excluding hydrogens is 326 g/mol. The van der Waals surface area contributed by atoms with Gasteiger partial charge < -0.3 is 0 Å². The predicted molar refractivity (Wildman–Crippen MR) is 97.6 cm³/mol. The average Bonchev–Trinajstić information content (AvgIpc) is 3.14. The Morgan fingerprint density at radius 2 is 2.13 bits per heavy atom. The van der Waals surface area contributed by atoms with Crippen molar-refractivity contribution in [3.63, 3.8) is 0 Å². The van der Waals surface area contributed by atoms with Crippen LogP contribution >= 0.6 is 22.7 Å². The number of aryl methyl sites for hydroxylation is 2. The topological polar surface area (TPSA) is 45.2 Å². The fourth-order valence-electron chi connectivity index (χ4n) is 2.93. The Morgan fingerprint density at radius 1 is 1.35 bits per heavy atom. The summed E-state index contributed by atoms with van der Waals surface area (Å²) in [6.07, 6.45) is 4.88. The molecule has 4 nitrogen and oxygen atoms in total. The molecule has 124 valence electrons. The molecule has 1 aliphatic heterocycles. The number of carbonyl (C=O) groups is 1. The third-order valence-electron chi connectivity index (χ3n) is 4.17. The molecule has 23 heavy (non-hydrogen) atoms. The van der Waals surface area contributed by atoms with E-state index in [0.717, 1.165) is 36.6 Å². The summed E-state index contributed by atoms with van der Waals surface area (Å²) in [7, 11) is 0. The number of rotatable bonds is 5. The molecule has 0 spiro atoms. The Kier molecular flexibility index (Phi) is 5.46. The Morgan fingerprint density at radius 3 is 2.83 bits per heavy atom.